The molecule has 1 rings (SSSR count). The molecule has 1 saturated carbocycles. The van der Waals surface area contributed by atoms with Crippen molar-refractivity contribution < 1.29 is 9.90 Å². The van der Waals surface area contributed by atoms with Crippen molar-refractivity contribution in [2.75, 3.05) is 0 Å². The van der Waals surface area contributed by atoms with Gasteiger partial charge in [0.1, 0.15) is 0 Å². The second-order valence-corrected chi connectivity index (χ2v) is 2.37. The second kappa shape index (κ2) is 2.58. The molecule has 0 heterocycles. The third-order valence-corrected chi connectivity index (χ3v) is 1.68. The molecule has 1 N–H and O–H groups in total. The number of carboxylic acid groups (broad SMARTS) is 1. The fourth-order valence-electron chi connectivity index (χ4n) is 0.957. The summed E-state index contributed by atoms with van der Waals surface area (Å²) in [4.78, 5) is 12.8. The van der Waals surface area contributed by atoms with E-state index in [1.807, 2.05) is 0 Å². The zero-order chi connectivity index (χ0) is 7.56. The summed E-state index contributed by atoms with van der Waals surface area (Å²) < 4.78 is 0. The van der Waals surface area contributed by atoms with Crippen molar-refractivity contribution in [3.05, 3.63) is 10.4 Å². The highest BCUT2D eigenvalue weighted by atomic mass is 16.4. The largest absolute Gasteiger partial charge is 0.481 e. The molecule has 5 heteroatoms. The van der Waals surface area contributed by atoms with Crippen LogP contribution in [-0.4, -0.2) is 17.1 Å². The van der Waals surface area contributed by atoms with Gasteiger partial charge in [-0.3, -0.25) is 4.79 Å². The SMILES string of the molecule is [N-]=[N+]=NC1CC(C(=O)O)C1. The summed E-state index contributed by atoms with van der Waals surface area (Å²) in [6.07, 6.45) is 0.999. The number of azide groups is 1. The summed E-state index contributed by atoms with van der Waals surface area (Å²) in [5.41, 5.74) is 7.94. The van der Waals surface area contributed by atoms with Gasteiger partial charge >= 0.3 is 5.97 Å². The van der Waals surface area contributed by atoms with Crippen LogP contribution in [0.3, 0.4) is 0 Å². The van der Waals surface area contributed by atoms with Gasteiger partial charge in [0.2, 0.25) is 0 Å². The molecule has 0 amide bonds. The third-order valence-electron chi connectivity index (χ3n) is 1.68. The number of rotatable bonds is 2. The van der Waals surface area contributed by atoms with Gasteiger partial charge in [0.25, 0.3) is 0 Å². The van der Waals surface area contributed by atoms with Gasteiger partial charge in [-0.1, -0.05) is 5.11 Å². The number of hydrogen-bond donors (Lipinski definition) is 1. The zero-order valence-electron chi connectivity index (χ0n) is 5.27. The molecule has 0 spiro atoms. The van der Waals surface area contributed by atoms with E-state index >= 15 is 0 Å². The van der Waals surface area contributed by atoms with Crippen molar-refractivity contribution in [3.63, 3.8) is 0 Å². The van der Waals surface area contributed by atoms with Gasteiger partial charge < -0.3 is 5.11 Å². The number of aliphatic carboxylic acids is 1. The molecule has 0 aromatic carbocycles. The van der Waals surface area contributed by atoms with E-state index in [-0.39, 0.29) is 12.0 Å². The number of nitrogens with zero attached hydrogens (tertiary/aromatic N) is 3. The first kappa shape index (κ1) is 6.89. The lowest BCUT2D eigenvalue weighted by Crippen LogP contribution is -2.32. The molecule has 0 radical (unpaired) electrons. The van der Waals surface area contributed by atoms with Crippen molar-refractivity contribution in [2.24, 2.45) is 11.0 Å². The molecular weight excluding hydrogens is 134 g/mol. The Bertz CT molecular complexity index is 185. The Hall–Kier alpha value is -1.22. The van der Waals surface area contributed by atoms with Gasteiger partial charge in [-0.15, -0.1) is 0 Å². The smallest absolute Gasteiger partial charge is 0.306 e. The molecule has 0 unspecified atom stereocenters. The van der Waals surface area contributed by atoms with Gasteiger partial charge in [0, 0.05) is 11.0 Å². The minimum absolute atomic E-state index is 0.0777. The molecule has 0 aromatic heterocycles. The van der Waals surface area contributed by atoms with Gasteiger partial charge in [0.05, 0.1) is 5.92 Å². The Morgan fingerprint density at radius 1 is 1.70 bits per heavy atom. The van der Waals surface area contributed by atoms with E-state index in [9.17, 15) is 4.79 Å². The summed E-state index contributed by atoms with van der Waals surface area (Å²) >= 11 is 0. The summed E-state index contributed by atoms with van der Waals surface area (Å²) in [6, 6.07) is -0.0777. The average molecular weight is 141 g/mol. The van der Waals surface area contributed by atoms with Crippen LogP contribution in [-0.2, 0) is 4.79 Å². The van der Waals surface area contributed by atoms with Crippen LogP contribution in [0.25, 0.3) is 10.4 Å². The van der Waals surface area contributed by atoms with Crippen molar-refractivity contribution >= 4 is 5.97 Å². The predicted octanol–water partition coefficient (Wildman–Crippen LogP) is 1.16. The Kier molecular flexibility index (Phi) is 1.78. The predicted molar refractivity (Wildman–Crippen MR) is 33.3 cm³/mol. The lowest BCUT2D eigenvalue weighted by atomic mass is 9.81. The van der Waals surface area contributed by atoms with Crippen LogP contribution in [0.5, 0.6) is 0 Å². The lowest BCUT2D eigenvalue weighted by Gasteiger charge is -2.27. The number of hydrogen-bond acceptors (Lipinski definition) is 2. The normalized spacial score (nSPS) is 30.0. The number of carbonyl (C=O) groups is 1. The Balaban J connectivity index is 2.30. The zero-order valence-corrected chi connectivity index (χ0v) is 5.27. The molecule has 0 saturated heterocycles. The van der Waals surface area contributed by atoms with E-state index in [1.54, 1.807) is 0 Å². The highest BCUT2D eigenvalue weighted by Crippen LogP contribution is 2.29. The van der Waals surface area contributed by atoms with Crippen LogP contribution in [0.1, 0.15) is 12.8 Å². The van der Waals surface area contributed by atoms with E-state index in [4.69, 9.17) is 10.6 Å². The molecule has 1 aliphatic carbocycles. The topological polar surface area (TPSA) is 86.1 Å². The maximum atomic E-state index is 10.2. The first-order valence-corrected chi connectivity index (χ1v) is 3.01. The molecule has 1 aliphatic rings. The molecule has 0 aliphatic heterocycles. The maximum Gasteiger partial charge on any atom is 0.306 e. The quantitative estimate of drug-likeness (QED) is 0.355. The van der Waals surface area contributed by atoms with E-state index in [2.05, 4.69) is 10.0 Å². The summed E-state index contributed by atoms with van der Waals surface area (Å²) in [5, 5.41) is 11.8. The van der Waals surface area contributed by atoms with E-state index in [0.717, 1.165) is 0 Å². The monoisotopic (exact) mass is 141 g/mol. The maximum absolute atomic E-state index is 10.2. The molecule has 0 bridgehead atoms. The molecular formula is C5H7N3O2. The fourth-order valence-corrected chi connectivity index (χ4v) is 0.957. The second-order valence-electron chi connectivity index (χ2n) is 2.37. The van der Waals surface area contributed by atoms with Crippen molar-refractivity contribution in [1.29, 1.82) is 0 Å². The van der Waals surface area contributed by atoms with Crippen LogP contribution < -0.4 is 0 Å². The average Bonchev–Trinajstić information content (AvgIpc) is 1.76. The van der Waals surface area contributed by atoms with E-state index in [0.29, 0.717) is 12.8 Å². The lowest BCUT2D eigenvalue weighted by molar-refractivity contribution is -0.145. The van der Waals surface area contributed by atoms with Crippen molar-refractivity contribution in [1.82, 2.24) is 0 Å². The third kappa shape index (κ3) is 1.19. The van der Waals surface area contributed by atoms with Gasteiger partial charge in [-0.25, -0.2) is 0 Å². The molecule has 0 atom stereocenters. The highest BCUT2D eigenvalue weighted by Gasteiger charge is 2.33. The van der Waals surface area contributed by atoms with E-state index in [1.165, 1.54) is 0 Å². The van der Waals surface area contributed by atoms with Crippen molar-refractivity contribution in [3.8, 4) is 0 Å². The molecule has 54 valence electrons. The fraction of sp³-hybridized carbons (Fsp3) is 0.800. The highest BCUT2D eigenvalue weighted by molar-refractivity contribution is 5.71. The first-order valence-electron chi connectivity index (χ1n) is 3.01. The molecule has 0 aromatic rings. The molecule has 10 heavy (non-hydrogen) atoms. The Labute approximate surface area is 57.3 Å². The Morgan fingerprint density at radius 3 is 2.70 bits per heavy atom. The molecule has 1 fully saturated rings. The van der Waals surface area contributed by atoms with Gasteiger partial charge in [-0.2, -0.15) is 0 Å². The van der Waals surface area contributed by atoms with Crippen LogP contribution in [0, 0.1) is 5.92 Å². The minimum Gasteiger partial charge on any atom is -0.481 e. The minimum atomic E-state index is -0.788. The van der Waals surface area contributed by atoms with Gasteiger partial charge in [-0.05, 0) is 18.4 Å². The summed E-state index contributed by atoms with van der Waals surface area (Å²) in [6.45, 7) is 0. The number of carboxylic acids is 1. The van der Waals surface area contributed by atoms with Crippen LogP contribution in [0.2, 0.25) is 0 Å². The van der Waals surface area contributed by atoms with Crippen LogP contribution >= 0.6 is 0 Å². The Morgan fingerprint density at radius 2 is 2.30 bits per heavy atom. The standard InChI is InChI=1S/C5H7N3O2/c6-8-7-4-1-3(2-4)5(9)10/h3-4H,1-2H2,(H,9,10). The first-order chi connectivity index (χ1) is 4.74. The van der Waals surface area contributed by atoms with Crippen LogP contribution in [0.15, 0.2) is 5.11 Å². The van der Waals surface area contributed by atoms with Gasteiger partial charge in [0.15, 0.2) is 0 Å². The summed E-state index contributed by atoms with van der Waals surface area (Å²) in [5.74, 6) is -1.07. The van der Waals surface area contributed by atoms with E-state index < -0.39 is 5.97 Å². The van der Waals surface area contributed by atoms with Crippen LogP contribution in [0.4, 0.5) is 0 Å². The molecule has 5 nitrogen and oxygen atoms in total. The summed E-state index contributed by atoms with van der Waals surface area (Å²) in [7, 11) is 0. The van der Waals surface area contributed by atoms with Crippen molar-refractivity contribution in [2.45, 2.75) is 18.9 Å².